The second-order valence-electron chi connectivity index (χ2n) is 4.94. The largest absolute Gasteiger partial charge is 0.364 e. The summed E-state index contributed by atoms with van der Waals surface area (Å²) in [6.07, 6.45) is 0.918. The number of hydrogen-bond acceptors (Lipinski definition) is 3. The van der Waals surface area contributed by atoms with E-state index in [0.29, 0.717) is 11.0 Å². The van der Waals surface area contributed by atoms with Crippen LogP contribution in [0.5, 0.6) is 0 Å². The van der Waals surface area contributed by atoms with Crippen LogP contribution in [-0.2, 0) is 5.33 Å². The van der Waals surface area contributed by atoms with Gasteiger partial charge in [-0.05, 0) is 31.9 Å². The highest BCUT2D eigenvalue weighted by Gasteiger charge is 2.27. The molecule has 0 aliphatic carbocycles. The standard InChI is InChI=1S/C13H19BrN2O2/c1-5-13(2,3)15(4)11-7-6-10(9-14)8-12(11)16(17)18/h6-8H,5,9H2,1-4H3. The normalized spacial score (nSPS) is 11.4. The first-order chi connectivity index (χ1) is 8.33. The maximum Gasteiger partial charge on any atom is 0.292 e. The Morgan fingerprint density at radius 2 is 2.06 bits per heavy atom. The van der Waals surface area contributed by atoms with Gasteiger partial charge in [0, 0.05) is 24.0 Å². The molecule has 0 spiro atoms. The Hall–Kier alpha value is -1.10. The minimum Gasteiger partial charge on any atom is -0.364 e. The highest BCUT2D eigenvalue weighted by atomic mass is 79.9. The van der Waals surface area contributed by atoms with E-state index in [2.05, 4.69) is 36.7 Å². The molecule has 18 heavy (non-hydrogen) atoms. The molecule has 0 amide bonds. The number of anilines is 1. The summed E-state index contributed by atoms with van der Waals surface area (Å²) in [5.74, 6) is 0. The molecule has 1 rings (SSSR count). The van der Waals surface area contributed by atoms with Crippen molar-refractivity contribution in [3.63, 3.8) is 0 Å². The molecule has 0 aromatic heterocycles. The number of nitro groups is 1. The maximum atomic E-state index is 11.2. The fourth-order valence-corrected chi connectivity index (χ4v) is 1.99. The summed E-state index contributed by atoms with van der Waals surface area (Å²) >= 11 is 3.32. The minimum absolute atomic E-state index is 0.110. The Bertz CT molecular complexity index is 447. The number of halogens is 1. The lowest BCUT2D eigenvalue weighted by Crippen LogP contribution is -2.40. The molecule has 4 nitrogen and oxygen atoms in total. The van der Waals surface area contributed by atoms with Gasteiger partial charge in [-0.2, -0.15) is 0 Å². The van der Waals surface area contributed by atoms with Crippen LogP contribution in [0.4, 0.5) is 11.4 Å². The van der Waals surface area contributed by atoms with Crippen LogP contribution < -0.4 is 4.90 Å². The Labute approximate surface area is 116 Å². The van der Waals surface area contributed by atoms with Crippen LogP contribution in [0.25, 0.3) is 0 Å². The van der Waals surface area contributed by atoms with Crippen LogP contribution in [0, 0.1) is 10.1 Å². The van der Waals surface area contributed by atoms with Gasteiger partial charge in [-0.3, -0.25) is 10.1 Å². The molecule has 0 bridgehead atoms. The molecule has 0 heterocycles. The first kappa shape index (κ1) is 15.0. The fourth-order valence-electron chi connectivity index (χ4n) is 1.65. The summed E-state index contributed by atoms with van der Waals surface area (Å²) in [5.41, 5.74) is 1.63. The van der Waals surface area contributed by atoms with E-state index in [9.17, 15) is 10.1 Å². The fraction of sp³-hybridized carbons (Fsp3) is 0.538. The molecule has 100 valence electrons. The number of hydrogen-bond donors (Lipinski definition) is 0. The van der Waals surface area contributed by atoms with Gasteiger partial charge in [0.25, 0.3) is 5.69 Å². The van der Waals surface area contributed by atoms with Crippen molar-refractivity contribution in [1.29, 1.82) is 0 Å². The van der Waals surface area contributed by atoms with E-state index in [1.54, 1.807) is 6.07 Å². The molecule has 0 fully saturated rings. The smallest absolute Gasteiger partial charge is 0.292 e. The molecule has 0 aliphatic rings. The molecule has 0 unspecified atom stereocenters. The number of rotatable bonds is 5. The summed E-state index contributed by atoms with van der Waals surface area (Å²) in [6, 6.07) is 5.37. The highest BCUT2D eigenvalue weighted by Crippen LogP contribution is 2.34. The van der Waals surface area contributed by atoms with E-state index in [0.717, 1.165) is 12.0 Å². The van der Waals surface area contributed by atoms with Crippen LogP contribution in [-0.4, -0.2) is 17.5 Å². The van der Waals surface area contributed by atoms with Crippen molar-refractivity contribution in [3.05, 3.63) is 33.9 Å². The van der Waals surface area contributed by atoms with E-state index >= 15 is 0 Å². The first-order valence-electron chi connectivity index (χ1n) is 5.90. The van der Waals surface area contributed by atoms with Crippen LogP contribution in [0.1, 0.15) is 32.8 Å². The van der Waals surface area contributed by atoms with Crippen molar-refractivity contribution in [3.8, 4) is 0 Å². The Balaban J connectivity index is 3.28. The molecule has 0 radical (unpaired) electrons. The average Bonchev–Trinajstić information content (AvgIpc) is 2.36. The van der Waals surface area contributed by atoms with Crippen molar-refractivity contribution in [2.75, 3.05) is 11.9 Å². The molecule has 0 N–H and O–H groups in total. The summed E-state index contributed by atoms with van der Waals surface area (Å²) in [4.78, 5) is 12.8. The third kappa shape index (κ3) is 3.02. The quantitative estimate of drug-likeness (QED) is 0.466. The topological polar surface area (TPSA) is 46.4 Å². The van der Waals surface area contributed by atoms with Gasteiger partial charge < -0.3 is 4.90 Å². The van der Waals surface area contributed by atoms with Gasteiger partial charge in [-0.25, -0.2) is 0 Å². The van der Waals surface area contributed by atoms with Crippen molar-refractivity contribution < 1.29 is 4.92 Å². The van der Waals surface area contributed by atoms with Gasteiger partial charge in [-0.15, -0.1) is 0 Å². The monoisotopic (exact) mass is 314 g/mol. The number of benzene rings is 1. The summed E-state index contributed by atoms with van der Waals surface area (Å²) in [6.45, 7) is 6.24. The highest BCUT2D eigenvalue weighted by molar-refractivity contribution is 9.08. The predicted octanol–water partition coefficient (Wildman–Crippen LogP) is 4.11. The lowest BCUT2D eigenvalue weighted by molar-refractivity contribution is -0.384. The zero-order valence-corrected chi connectivity index (χ0v) is 12.8. The molecular formula is C13H19BrN2O2. The number of nitrogens with zero attached hydrogens (tertiary/aromatic N) is 2. The van der Waals surface area contributed by atoms with Gasteiger partial charge in [0.1, 0.15) is 5.69 Å². The van der Waals surface area contributed by atoms with Crippen LogP contribution in [0.15, 0.2) is 18.2 Å². The molecule has 0 atom stereocenters. The number of alkyl halides is 1. The van der Waals surface area contributed by atoms with E-state index in [-0.39, 0.29) is 16.1 Å². The van der Waals surface area contributed by atoms with Gasteiger partial charge in [0.15, 0.2) is 0 Å². The molecule has 1 aromatic carbocycles. The average molecular weight is 315 g/mol. The van der Waals surface area contributed by atoms with E-state index < -0.39 is 0 Å². The lowest BCUT2D eigenvalue weighted by Gasteiger charge is -2.36. The first-order valence-corrected chi connectivity index (χ1v) is 7.02. The third-order valence-electron chi connectivity index (χ3n) is 3.53. The molecule has 5 heteroatoms. The second kappa shape index (κ2) is 5.69. The van der Waals surface area contributed by atoms with Crippen LogP contribution >= 0.6 is 15.9 Å². The van der Waals surface area contributed by atoms with Gasteiger partial charge >= 0.3 is 0 Å². The zero-order chi connectivity index (χ0) is 13.9. The van der Waals surface area contributed by atoms with Gasteiger partial charge in [0.05, 0.1) is 4.92 Å². The second-order valence-corrected chi connectivity index (χ2v) is 5.50. The molecule has 1 aromatic rings. The summed E-state index contributed by atoms with van der Waals surface area (Å²) in [7, 11) is 1.90. The molecule has 0 saturated heterocycles. The SMILES string of the molecule is CCC(C)(C)N(C)c1ccc(CBr)cc1[N+](=O)[O-]. The van der Waals surface area contributed by atoms with Gasteiger partial charge in [-0.1, -0.05) is 28.9 Å². The molecule has 0 aliphatic heterocycles. The van der Waals surface area contributed by atoms with E-state index in [4.69, 9.17) is 0 Å². The molecule has 0 saturated carbocycles. The van der Waals surface area contributed by atoms with Crippen LogP contribution in [0.2, 0.25) is 0 Å². The minimum atomic E-state index is -0.316. The van der Waals surface area contributed by atoms with E-state index in [1.165, 1.54) is 0 Å². The number of nitro benzene ring substituents is 1. The lowest BCUT2D eigenvalue weighted by atomic mass is 9.98. The van der Waals surface area contributed by atoms with E-state index in [1.807, 2.05) is 24.1 Å². The van der Waals surface area contributed by atoms with Crippen molar-refractivity contribution in [1.82, 2.24) is 0 Å². The predicted molar refractivity (Wildman–Crippen MR) is 78.5 cm³/mol. The van der Waals surface area contributed by atoms with Gasteiger partial charge in [0.2, 0.25) is 0 Å². The van der Waals surface area contributed by atoms with Crippen molar-refractivity contribution >= 4 is 27.3 Å². The molecular weight excluding hydrogens is 296 g/mol. The Morgan fingerprint density at radius 3 is 2.50 bits per heavy atom. The van der Waals surface area contributed by atoms with Crippen LogP contribution in [0.3, 0.4) is 0 Å². The van der Waals surface area contributed by atoms with Crippen molar-refractivity contribution in [2.45, 2.75) is 38.1 Å². The van der Waals surface area contributed by atoms with Crippen molar-refractivity contribution in [2.24, 2.45) is 0 Å². The maximum absolute atomic E-state index is 11.2. The Kier molecular flexibility index (Phi) is 4.73. The third-order valence-corrected chi connectivity index (χ3v) is 4.17. The summed E-state index contributed by atoms with van der Waals surface area (Å²) < 4.78 is 0. The zero-order valence-electron chi connectivity index (χ0n) is 11.2. The Morgan fingerprint density at radius 1 is 1.44 bits per heavy atom. The summed E-state index contributed by atoms with van der Waals surface area (Å²) in [5, 5.41) is 11.8.